The van der Waals surface area contributed by atoms with Gasteiger partial charge in [0.05, 0.1) is 29.2 Å². The first-order chi connectivity index (χ1) is 9.75. The van der Waals surface area contributed by atoms with Crippen LogP contribution < -0.4 is 16.4 Å². The number of fused-ring (bicyclic) bond motifs is 1. The summed E-state index contributed by atoms with van der Waals surface area (Å²) in [5, 5.41) is 8.40. The van der Waals surface area contributed by atoms with E-state index in [1.54, 1.807) is 36.8 Å². The summed E-state index contributed by atoms with van der Waals surface area (Å²) in [6.07, 6.45) is 4.82. The lowest BCUT2D eigenvalue weighted by Crippen LogP contribution is -2.20. The first-order valence-corrected chi connectivity index (χ1v) is 5.98. The standard InChI is InChI=1S/C13H11N5O2/c19-12-9-2-1-3-10(11(9)13(20)18-17-12)16-7-8-6-14-4-5-15-8/h1-6,16H,7H2,(H,17,19)(H,18,20). The molecule has 20 heavy (non-hydrogen) atoms. The zero-order valence-corrected chi connectivity index (χ0v) is 10.4. The number of hydrogen-bond donors (Lipinski definition) is 3. The molecule has 2 aromatic heterocycles. The molecule has 7 nitrogen and oxygen atoms in total. The maximum Gasteiger partial charge on any atom is 0.272 e. The summed E-state index contributed by atoms with van der Waals surface area (Å²) >= 11 is 0. The Morgan fingerprint density at radius 1 is 1.10 bits per heavy atom. The van der Waals surface area contributed by atoms with Crippen molar-refractivity contribution in [3.63, 3.8) is 0 Å². The van der Waals surface area contributed by atoms with Gasteiger partial charge in [-0.2, -0.15) is 0 Å². The Bertz CT molecular complexity index is 854. The molecule has 2 heterocycles. The Morgan fingerprint density at radius 2 is 1.95 bits per heavy atom. The summed E-state index contributed by atoms with van der Waals surface area (Å²) in [7, 11) is 0. The molecule has 0 saturated heterocycles. The van der Waals surface area contributed by atoms with Crippen molar-refractivity contribution in [1.29, 1.82) is 0 Å². The quantitative estimate of drug-likeness (QED) is 0.646. The molecule has 0 amide bonds. The number of benzene rings is 1. The van der Waals surface area contributed by atoms with E-state index in [0.29, 0.717) is 23.0 Å². The van der Waals surface area contributed by atoms with Crippen LogP contribution in [0.25, 0.3) is 10.8 Å². The lowest BCUT2D eigenvalue weighted by molar-refractivity contribution is 0.974. The third kappa shape index (κ3) is 2.16. The van der Waals surface area contributed by atoms with Gasteiger partial charge in [-0.15, -0.1) is 0 Å². The van der Waals surface area contributed by atoms with Crippen molar-refractivity contribution < 1.29 is 0 Å². The average molecular weight is 269 g/mol. The molecular weight excluding hydrogens is 258 g/mol. The van der Waals surface area contributed by atoms with E-state index in [0.717, 1.165) is 5.69 Å². The molecule has 0 unspecified atom stereocenters. The molecule has 0 aliphatic rings. The molecule has 0 spiro atoms. The van der Waals surface area contributed by atoms with Crippen molar-refractivity contribution in [2.45, 2.75) is 6.54 Å². The van der Waals surface area contributed by atoms with Crippen LogP contribution in [0.15, 0.2) is 46.4 Å². The lowest BCUT2D eigenvalue weighted by Gasteiger charge is -2.08. The molecule has 0 aliphatic carbocycles. The Balaban J connectivity index is 2.02. The van der Waals surface area contributed by atoms with Gasteiger partial charge in [-0.25, -0.2) is 0 Å². The highest BCUT2D eigenvalue weighted by Gasteiger charge is 2.07. The average Bonchev–Trinajstić information content (AvgIpc) is 2.50. The van der Waals surface area contributed by atoms with Crippen LogP contribution in [0.1, 0.15) is 5.69 Å². The van der Waals surface area contributed by atoms with E-state index >= 15 is 0 Å². The summed E-state index contributed by atoms with van der Waals surface area (Å²) in [6, 6.07) is 5.07. The topological polar surface area (TPSA) is 104 Å². The third-order valence-electron chi connectivity index (χ3n) is 2.90. The number of aromatic nitrogens is 4. The largest absolute Gasteiger partial charge is 0.379 e. The van der Waals surface area contributed by atoms with E-state index in [9.17, 15) is 9.59 Å². The van der Waals surface area contributed by atoms with E-state index in [-0.39, 0.29) is 11.1 Å². The predicted octanol–water partition coefficient (Wildman–Crippen LogP) is 0.618. The highest BCUT2D eigenvalue weighted by atomic mass is 16.1. The number of rotatable bonds is 3. The van der Waals surface area contributed by atoms with Gasteiger partial charge >= 0.3 is 0 Å². The molecule has 0 atom stereocenters. The first-order valence-electron chi connectivity index (χ1n) is 5.98. The van der Waals surface area contributed by atoms with Gasteiger partial charge in [-0.05, 0) is 12.1 Å². The third-order valence-corrected chi connectivity index (χ3v) is 2.90. The fourth-order valence-electron chi connectivity index (χ4n) is 1.98. The number of nitrogens with zero attached hydrogens (tertiary/aromatic N) is 2. The number of hydrogen-bond acceptors (Lipinski definition) is 5. The van der Waals surface area contributed by atoms with Crippen molar-refractivity contribution in [3.8, 4) is 0 Å². The molecule has 100 valence electrons. The molecule has 3 aromatic rings. The highest BCUT2D eigenvalue weighted by Crippen LogP contribution is 2.17. The highest BCUT2D eigenvalue weighted by molar-refractivity contribution is 5.92. The molecule has 7 heteroatoms. The number of anilines is 1. The minimum absolute atomic E-state index is 0.331. The van der Waals surface area contributed by atoms with E-state index in [2.05, 4.69) is 25.5 Å². The molecule has 0 saturated carbocycles. The van der Waals surface area contributed by atoms with Crippen LogP contribution in [0.4, 0.5) is 5.69 Å². The lowest BCUT2D eigenvalue weighted by atomic mass is 10.1. The van der Waals surface area contributed by atoms with Gasteiger partial charge in [0.15, 0.2) is 0 Å². The van der Waals surface area contributed by atoms with E-state index in [4.69, 9.17) is 0 Å². The summed E-state index contributed by atoms with van der Waals surface area (Å²) in [6.45, 7) is 0.416. The van der Waals surface area contributed by atoms with E-state index < -0.39 is 0 Å². The van der Waals surface area contributed by atoms with Crippen LogP contribution in [-0.4, -0.2) is 20.2 Å². The number of H-pyrrole nitrogens is 2. The van der Waals surface area contributed by atoms with Crippen LogP contribution in [0.5, 0.6) is 0 Å². The molecule has 3 N–H and O–H groups in total. The molecule has 0 aliphatic heterocycles. The smallest absolute Gasteiger partial charge is 0.272 e. The second kappa shape index (κ2) is 4.96. The zero-order valence-electron chi connectivity index (χ0n) is 10.4. The van der Waals surface area contributed by atoms with Gasteiger partial charge in [0.2, 0.25) is 0 Å². The Labute approximate surface area is 112 Å². The van der Waals surface area contributed by atoms with Gasteiger partial charge in [-0.1, -0.05) is 6.07 Å². The van der Waals surface area contributed by atoms with Crippen LogP contribution in [0, 0.1) is 0 Å². The Morgan fingerprint density at radius 3 is 2.75 bits per heavy atom. The fourth-order valence-corrected chi connectivity index (χ4v) is 1.98. The van der Waals surface area contributed by atoms with Crippen LogP contribution in [0.2, 0.25) is 0 Å². The number of nitrogens with one attached hydrogen (secondary N) is 3. The van der Waals surface area contributed by atoms with Crippen molar-refractivity contribution >= 4 is 16.5 Å². The second-order valence-corrected chi connectivity index (χ2v) is 4.19. The van der Waals surface area contributed by atoms with E-state index in [1.165, 1.54) is 0 Å². The molecule has 0 bridgehead atoms. The van der Waals surface area contributed by atoms with Crippen molar-refractivity contribution in [2.75, 3.05) is 5.32 Å². The molecular formula is C13H11N5O2. The monoisotopic (exact) mass is 269 g/mol. The van der Waals surface area contributed by atoms with E-state index in [1.807, 2.05) is 0 Å². The second-order valence-electron chi connectivity index (χ2n) is 4.19. The predicted molar refractivity (Wildman–Crippen MR) is 74.5 cm³/mol. The summed E-state index contributed by atoms with van der Waals surface area (Å²) < 4.78 is 0. The minimum atomic E-state index is -0.346. The molecule has 1 aromatic carbocycles. The van der Waals surface area contributed by atoms with Gasteiger partial charge in [0, 0.05) is 18.1 Å². The van der Waals surface area contributed by atoms with Crippen LogP contribution in [-0.2, 0) is 6.54 Å². The van der Waals surface area contributed by atoms with Crippen molar-refractivity contribution in [3.05, 3.63) is 63.2 Å². The normalized spacial score (nSPS) is 10.6. The fraction of sp³-hybridized carbons (Fsp3) is 0.0769. The van der Waals surface area contributed by atoms with Crippen molar-refractivity contribution in [1.82, 2.24) is 20.2 Å². The minimum Gasteiger partial charge on any atom is -0.379 e. The van der Waals surface area contributed by atoms with Gasteiger partial charge in [0.25, 0.3) is 11.1 Å². The van der Waals surface area contributed by atoms with Gasteiger partial charge < -0.3 is 5.32 Å². The first kappa shape index (κ1) is 12.1. The van der Waals surface area contributed by atoms with Crippen LogP contribution in [0.3, 0.4) is 0 Å². The SMILES string of the molecule is O=c1[nH][nH]c(=O)c2c(NCc3cnccn3)cccc12. The maximum absolute atomic E-state index is 11.9. The van der Waals surface area contributed by atoms with Gasteiger partial charge in [0.1, 0.15) is 0 Å². The maximum atomic E-state index is 11.9. The number of aromatic amines is 2. The van der Waals surface area contributed by atoms with Gasteiger partial charge in [-0.3, -0.25) is 29.8 Å². The Kier molecular flexibility index (Phi) is 3.00. The zero-order chi connectivity index (χ0) is 13.9. The summed E-state index contributed by atoms with van der Waals surface area (Å²) in [5.41, 5.74) is 0.649. The summed E-state index contributed by atoms with van der Waals surface area (Å²) in [4.78, 5) is 31.7. The Hall–Kier alpha value is -2.96. The molecule has 0 radical (unpaired) electrons. The summed E-state index contributed by atoms with van der Waals surface area (Å²) in [5.74, 6) is 0. The van der Waals surface area contributed by atoms with Crippen LogP contribution >= 0.6 is 0 Å². The molecule has 3 rings (SSSR count). The molecule has 0 fully saturated rings. The van der Waals surface area contributed by atoms with Crippen molar-refractivity contribution in [2.24, 2.45) is 0 Å².